The SMILES string of the molecule is CC1CC(NC(=S)NC(=O)O)CCC1O[Si](C)(C)C(C)(C)C. The number of thiocarbonyl (C=S) groups is 1. The second-order valence-electron chi connectivity index (χ2n) is 7.81. The van der Waals surface area contributed by atoms with Crippen LogP contribution in [0.5, 0.6) is 0 Å². The number of carboxylic acid groups (broad SMARTS) is 1. The van der Waals surface area contributed by atoms with Gasteiger partial charge in [-0.1, -0.05) is 27.7 Å². The highest BCUT2D eigenvalue weighted by Crippen LogP contribution is 2.40. The largest absolute Gasteiger partial charge is 0.465 e. The first-order chi connectivity index (χ1) is 9.92. The van der Waals surface area contributed by atoms with E-state index in [1.165, 1.54) is 0 Å². The van der Waals surface area contributed by atoms with E-state index in [0.29, 0.717) is 12.0 Å². The van der Waals surface area contributed by atoms with Crippen molar-refractivity contribution in [3.63, 3.8) is 0 Å². The monoisotopic (exact) mass is 346 g/mol. The minimum Gasteiger partial charge on any atom is -0.465 e. The molecule has 0 aromatic carbocycles. The second kappa shape index (κ2) is 7.27. The fourth-order valence-electron chi connectivity index (χ4n) is 2.55. The molecule has 0 spiro atoms. The smallest absolute Gasteiger partial charge is 0.410 e. The molecule has 5 nitrogen and oxygen atoms in total. The van der Waals surface area contributed by atoms with Crippen molar-refractivity contribution in [1.29, 1.82) is 0 Å². The van der Waals surface area contributed by atoms with Crippen LogP contribution in [-0.2, 0) is 4.43 Å². The Morgan fingerprint density at radius 1 is 1.32 bits per heavy atom. The summed E-state index contributed by atoms with van der Waals surface area (Å²) in [5.74, 6) is 0.438. The Morgan fingerprint density at radius 2 is 1.91 bits per heavy atom. The van der Waals surface area contributed by atoms with Gasteiger partial charge in [-0.15, -0.1) is 0 Å². The molecule has 0 aromatic heterocycles. The molecule has 3 N–H and O–H groups in total. The summed E-state index contributed by atoms with van der Waals surface area (Å²) in [5.41, 5.74) is 0. The van der Waals surface area contributed by atoms with Gasteiger partial charge < -0.3 is 14.8 Å². The Bertz CT molecular complexity index is 424. The molecule has 0 radical (unpaired) electrons. The average Bonchev–Trinajstić information content (AvgIpc) is 2.29. The third kappa shape index (κ3) is 5.51. The van der Waals surface area contributed by atoms with E-state index >= 15 is 0 Å². The van der Waals surface area contributed by atoms with Crippen molar-refractivity contribution < 1.29 is 14.3 Å². The lowest BCUT2D eigenvalue weighted by atomic mass is 9.85. The normalized spacial score (nSPS) is 26.4. The fourth-order valence-corrected chi connectivity index (χ4v) is 4.26. The summed E-state index contributed by atoms with van der Waals surface area (Å²) >= 11 is 4.99. The maximum Gasteiger partial charge on any atom is 0.410 e. The molecule has 0 aromatic rings. The van der Waals surface area contributed by atoms with E-state index in [4.69, 9.17) is 21.8 Å². The Kier molecular flexibility index (Phi) is 6.41. The van der Waals surface area contributed by atoms with Crippen LogP contribution in [0.15, 0.2) is 0 Å². The molecule has 1 fully saturated rings. The van der Waals surface area contributed by atoms with E-state index in [1.54, 1.807) is 0 Å². The Labute approximate surface area is 140 Å². The van der Waals surface area contributed by atoms with Crippen LogP contribution in [0.2, 0.25) is 18.1 Å². The molecule has 1 amide bonds. The molecule has 3 unspecified atom stereocenters. The number of rotatable bonds is 3. The molecule has 0 bridgehead atoms. The third-order valence-electron chi connectivity index (χ3n) is 4.90. The minimum absolute atomic E-state index is 0.188. The first-order valence-corrected chi connectivity index (χ1v) is 11.2. The molecule has 3 atom stereocenters. The lowest BCUT2D eigenvalue weighted by Gasteiger charge is -2.43. The van der Waals surface area contributed by atoms with E-state index in [9.17, 15) is 4.79 Å². The summed E-state index contributed by atoms with van der Waals surface area (Å²) in [6, 6.07) is 0.216. The molecule has 1 rings (SSSR count). The first-order valence-electron chi connectivity index (χ1n) is 7.90. The van der Waals surface area contributed by atoms with Crippen LogP contribution in [0.3, 0.4) is 0 Å². The van der Waals surface area contributed by atoms with E-state index in [-0.39, 0.29) is 16.2 Å². The summed E-state index contributed by atoms with van der Waals surface area (Å²) in [7, 11) is -1.75. The highest BCUT2D eigenvalue weighted by molar-refractivity contribution is 7.80. The molecule has 0 aliphatic heterocycles. The molecule has 0 heterocycles. The van der Waals surface area contributed by atoms with Crippen LogP contribution in [0.4, 0.5) is 4.79 Å². The average molecular weight is 347 g/mol. The maximum atomic E-state index is 10.6. The van der Waals surface area contributed by atoms with Crippen LogP contribution in [0, 0.1) is 5.92 Å². The lowest BCUT2D eigenvalue weighted by Crippen LogP contribution is -2.50. The molecule has 1 aliphatic rings. The van der Waals surface area contributed by atoms with E-state index in [2.05, 4.69) is 51.4 Å². The number of carbonyl (C=O) groups is 1. The van der Waals surface area contributed by atoms with E-state index in [1.807, 2.05) is 0 Å². The minimum atomic E-state index is -1.75. The summed E-state index contributed by atoms with van der Waals surface area (Å²) in [4.78, 5) is 10.6. The molecule has 7 heteroatoms. The number of nitrogens with one attached hydrogen (secondary N) is 2. The van der Waals surface area contributed by atoms with E-state index in [0.717, 1.165) is 19.3 Å². The molecule has 128 valence electrons. The van der Waals surface area contributed by atoms with Gasteiger partial charge in [-0.2, -0.15) is 0 Å². The first kappa shape index (κ1) is 19.4. The lowest BCUT2D eigenvalue weighted by molar-refractivity contribution is 0.0780. The van der Waals surface area contributed by atoms with Crippen molar-refractivity contribution in [2.75, 3.05) is 0 Å². The molecular weight excluding hydrogens is 316 g/mol. The molecule has 1 aliphatic carbocycles. The van der Waals surface area contributed by atoms with Gasteiger partial charge in [0.05, 0.1) is 0 Å². The Balaban J connectivity index is 2.53. The zero-order valence-corrected chi connectivity index (χ0v) is 16.3. The van der Waals surface area contributed by atoms with Gasteiger partial charge >= 0.3 is 6.09 Å². The quantitative estimate of drug-likeness (QED) is 0.537. The van der Waals surface area contributed by atoms with Gasteiger partial charge in [0, 0.05) is 12.1 Å². The van der Waals surface area contributed by atoms with Crippen LogP contribution >= 0.6 is 12.2 Å². The highest BCUT2D eigenvalue weighted by atomic mass is 32.1. The molecule has 0 saturated heterocycles. The predicted molar refractivity (Wildman–Crippen MR) is 95.8 cm³/mol. The number of amides is 1. The van der Waals surface area contributed by atoms with Crippen molar-refractivity contribution in [1.82, 2.24) is 10.6 Å². The topological polar surface area (TPSA) is 70.6 Å². The van der Waals surface area contributed by atoms with Crippen LogP contribution in [0.25, 0.3) is 0 Å². The zero-order valence-electron chi connectivity index (χ0n) is 14.5. The summed E-state index contributed by atoms with van der Waals surface area (Å²) in [6.45, 7) is 13.6. The van der Waals surface area contributed by atoms with E-state index < -0.39 is 14.4 Å². The van der Waals surface area contributed by atoms with Crippen molar-refractivity contribution in [3.8, 4) is 0 Å². The van der Waals surface area contributed by atoms with Crippen LogP contribution < -0.4 is 10.6 Å². The van der Waals surface area contributed by atoms with Crippen LogP contribution in [0.1, 0.15) is 47.0 Å². The maximum absolute atomic E-state index is 10.6. The van der Waals surface area contributed by atoms with Gasteiger partial charge in [0.15, 0.2) is 13.4 Å². The summed E-state index contributed by atoms with van der Waals surface area (Å²) in [5, 5.41) is 14.3. The predicted octanol–water partition coefficient (Wildman–Crippen LogP) is 3.71. The number of hydrogen-bond acceptors (Lipinski definition) is 3. The highest BCUT2D eigenvalue weighted by Gasteiger charge is 2.41. The van der Waals surface area contributed by atoms with Crippen molar-refractivity contribution >= 4 is 31.7 Å². The third-order valence-corrected chi connectivity index (χ3v) is 9.62. The second-order valence-corrected chi connectivity index (χ2v) is 13.0. The van der Waals surface area contributed by atoms with Crippen molar-refractivity contribution in [2.24, 2.45) is 5.92 Å². The van der Waals surface area contributed by atoms with Gasteiger partial charge in [0.25, 0.3) is 0 Å². The Hall–Kier alpha value is -0.663. The molecule has 1 saturated carbocycles. The van der Waals surface area contributed by atoms with Gasteiger partial charge in [-0.25, -0.2) is 4.79 Å². The molecular formula is C15H30N2O3SSi. The summed E-state index contributed by atoms with van der Waals surface area (Å²) in [6.07, 6.45) is 2.05. The fraction of sp³-hybridized carbons (Fsp3) is 0.867. The van der Waals surface area contributed by atoms with Gasteiger partial charge in [-0.05, 0) is 55.5 Å². The zero-order chi connectivity index (χ0) is 17.1. The van der Waals surface area contributed by atoms with Crippen LogP contribution in [-0.4, -0.2) is 36.8 Å². The van der Waals surface area contributed by atoms with Gasteiger partial charge in [0.2, 0.25) is 0 Å². The summed E-state index contributed by atoms with van der Waals surface area (Å²) < 4.78 is 6.54. The van der Waals surface area contributed by atoms with Crippen molar-refractivity contribution in [2.45, 2.75) is 77.2 Å². The Morgan fingerprint density at radius 3 is 2.36 bits per heavy atom. The molecule has 22 heavy (non-hydrogen) atoms. The standard InChI is InChI=1S/C15H30N2O3SSi/c1-10-9-11(16-13(21)17-14(18)19)7-8-12(10)20-22(5,6)15(2,3)4/h10-12H,7-9H2,1-6H3,(H,18,19)(H2,16,17,21). The van der Waals surface area contributed by atoms with Gasteiger partial charge in [0.1, 0.15) is 0 Å². The number of hydrogen-bond donors (Lipinski definition) is 3. The van der Waals surface area contributed by atoms with Crippen molar-refractivity contribution in [3.05, 3.63) is 0 Å². The van der Waals surface area contributed by atoms with Gasteiger partial charge in [-0.3, -0.25) is 5.32 Å².